The highest BCUT2D eigenvalue weighted by Gasteiger charge is 2.55. The second kappa shape index (κ2) is 6.17. The lowest BCUT2D eigenvalue weighted by molar-refractivity contribution is -0.233. The van der Waals surface area contributed by atoms with Gasteiger partial charge in [-0.2, -0.15) is 0 Å². The maximum Gasteiger partial charge on any atom is 0.257 e. The van der Waals surface area contributed by atoms with Crippen LogP contribution < -0.4 is 0 Å². The number of carbonyl (C=O) groups excluding carboxylic acids is 2. The summed E-state index contributed by atoms with van der Waals surface area (Å²) in [5, 5.41) is 1.32. The van der Waals surface area contributed by atoms with Gasteiger partial charge in [-0.15, -0.1) is 0 Å². The van der Waals surface area contributed by atoms with Crippen LogP contribution in [0.3, 0.4) is 0 Å². The monoisotopic (exact) mass is 358 g/mol. The number of amides is 2. The van der Waals surface area contributed by atoms with Crippen molar-refractivity contribution in [3.05, 3.63) is 71.3 Å². The number of hydroxylamine groups is 2. The maximum absolute atomic E-state index is 13.8. The van der Waals surface area contributed by atoms with E-state index >= 15 is 0 Å². The first kappa shape index (κ1) is 16.7. The molecule has 0 atom stereocenters. The topological polar surface area (TPSA) is 49.9 Å². The highest BCUT2D eigenvalue weighted by atomic mass is 19.1. The summed E-state index contributed by atoms with van der Waals surface area (Å²) in [6.07, 6.45) is 0.176. The molecule has 2 amide bonds. The number of likely N-dealkylation sites (tertiary alicyclic amines) is 1. The third-order valence-corrected chi connectivity index (χ3v) is 4.63. The van der Waals surface area contributed by atoms with Gasteiger partial charge in [0.25, 0.3) is 5.91 Å². The Hall–Kier alpha value is -2.80. The third-order valence-electron chi connectivity index (χ3n) is 4.63. The van der Waals surface area contributed by atoms with Crippen LogP contribution in [0.4, 0.5) is 8.78 Å². The molecule has 0 N–H and O–H groups in total. The van der Waals surface area contributed by atoms with E-state index in [-0.39, 0.29) is 31.0 Å². The molecule has 2 heterocycles. The van der Waals surface area contributed by atoms with Gasteiger partial charge in [-0.25, -0.2) is 13.8 Å². The predicted molar refractivity (Wildman–Crippen MR) is 87.7 cm³/mol. The van der Waals surface area contributed by atoms with Gasteiger partial charge in [-0.1, -0.05) is 30.3 Å². The summed E-state index contributed by atoms with van der Waals surface area (Å²) in [4.78, 5) is 31.8. The van der Waals surface area contributed by atoms with Crippen molar-refractivity contribution in [3.63, 3.8) is 0 Å². The second-order valence-corrected chi connectivity index (χ2v) is 6.65. The SMILES string of the molecule is O=C(c1ccc(F)cc1F)N1CC2(CC(=O)N(Cc3ccccc3)O2)C1. The number of nitrogens with zero attached hydrogens (tertiary/aromatic N) is 2. The minimum absolute atomic E-state index is 0.145. The van der Waals surface area contributed by atoms with Gasteiger partial charge in [-0.05, 0) is 17.7 Å². The van der Waals surface area contributed by atoms with Crippen molar-refractivity contribution < 1.29 is 23.2 Å². The fourth-order valence-electron chi connectivity index (χ4n) is 3.35. The Bertz CT molecular complexity index is 866. The summed E-state index contributed by atoms with van der Waals surface area (Å²) in [7, 11) is 0. The molecule has 2 aliphatic rings. The largest absolute Gasteiger partial charge is 0.332 e. The molecule has 2 aromatic rings. The Kier molecular flexibility index (Phi) is 3.96. The van der Waals surface area contributed by atoms with Gasteiger partial charge in [-0.3, -0.25) is 14.4 Å². The van der Waals surface area contributed by atoms with Crippen molar-refractivity contribution in [1.29, 1.82) is 0 Å². The van der Waals surface area contributed by atoms with Crippen molar-refractivity contribution in [2.75, 3.05) is 13.1 Å². The standard InChI is InChI=1S/C19H16F2N2O3/c20-14-6-7-15(16(21)8-14)18(25)22-11-19(12-22)9-17(24)23(26-19)10-13-4-2-1-3-5-13/h1-8H,9-12H2. The van der Waals surface area contributed by atoms with Crippen LogP contribution in [0.15, 0.2) is 48.5 Å². The first-order valence-corrected chi connectivity index (χ1v) is 8.24. The predicted octanol–water partition coefficient (Wildman–Crippen LogP) is 2.52. The van der Waals surface area contributed by atoms with Crippen LogP contribution in [-0.2, 0) is 16.2 Å². The van der Waals surface area contributed by atoms with Crippen LogP contribution >= 0.6 is 0 Å². The van der Waals surface area contributed by atoms with Crippen molar-refractivity contribution in [1.82, 2.24) is 9.96 Å². The molecule has 0 unspecified atom stereocenters. The van der Waals surface area contributed by atoms with Crippen molar-refractivity contribution in [2.45, 2.75) is 18.6 Å². The van der Waals surface area contributed by atoms with Crippen LogP contribution in [0.25, 0.3) is 0 Å². The van der Waals surface area contributed by atoms with E-state index in [1.54, 1.807) is 0 Å². The Morgan fingerprint density at radius 1 is 1.12 bits per heavy atom. The van der Waals surface area contributed by atoms with Crippen molar-refractivity contribution in [2.24, 2.45) is 0 Å². The van der Waals surface area contributed by atoms with Gasteiger partial charge in [0.1, 0.15) is 17.2 Å². The summed E-state index contributed by atoms with van der Waals surface area (Å²) in [5.74, 6) is -2.31. The molecule has 5 nitrogen and oxygen atoms in total. The van der Waals surface area contributed by atoms with E-state index in [9.17, 15) is 18.4 Å². The van der Waals surface area contributed by atoms with Gasteiger partial charge in [0.05, 0.1) is 31.6 Å². The second-order valence-electron chi connectivity index (χ2n) is 6.65. The summed E-state index contributed by atoms with van der Waals surface area (Å²) in [5.41, 5.74) is 0.00291. The zero-order chi connectivity index (χ0) is 18.3. The first-order chi connectivity index (χ1) is 12.5. The Balaban J connectivity index is 1.41. The summed E-state index contributed by atoms with van der Waals surface area (Å²) in [6, 6.07) is 12.3. The quantitative estimate of drug-likeness (QED) is 0.847. The lowest BCUT2D eigenvalue weighted by Crippen LogP contribution is -2.63. The van der Waals surface area contributed by atoms with E-state index in [0.29, 0.717) is 12.6 Å². The molecule has 2 aliphatic heterocycles. The van der Waals surface area contributed by atoms with Crippen LogP contribution in [0, 0.1) is 11.6 Å². The van der Waals surface area contributed by atoms with Gasteiger partial charge in [0.2, 0.25) is 5.91 Å². The Morgan fingerprint density at radius 3 is 2.54 bits per heavy atom. The summed E-state index contributed by atoms with van der Waals surface area (Å²) < 4.78 is 26.8. The Labute approximate surface area is 148 Å². The number of benzene rings is 2. The summed E-state index contributed by atoms with van der Waals surface area (Å²) >= 11 is 0. The van der Waals surface area contributed by atoms with Gasteiger partial charge in [0, 0.05) is 6.07 Å². The van der Waals surface area contributed by atoms with Crippen LogP contribution in [0.5, 0.6) is 0 Å². The Morgan fingerprint density at radius 2 is 1.85 bits per heavy atom. The molecule has 2 fully saturated rings. The fraction of sp³-hybridized carbons (Fsp3) is 0.263. The normalized spacial score (nSPS) is 18.3. The van der Waals surface area contributed by atoms with E-state index in [2.05, 4.69) is 0 Å². The first-order valence-electron chi connectivity index (χ1n) is 8.24. The van der Waals surface area contributed by atoms with E-state index < -0.39 is 23.1 Å². The molecule has 0 saturated carbocycles. The number of halogens is 2. The molecule has 2 saturated heterocycles. The molecule has 2 aromatic carbocycles. The number of hydrogen-bond acceptors (Lipinski definition) is 3. The van der Waals surface area contributed by atoms with E-state index in [1.165, 1.54) is 9.96 Å². The average molecular weight is 358 g/mol. The molecule has 0 radical (unpaired) electrons. The van der Waals surface area contributed by atoms with E-state index in [4.69, 9.17) is 4.84 Å². The molecular weight excluding hydrogens is 342 g/mol. The molecule has 0 aliphatic carbocycles. The van der Waals surface area contributed by atoms with Crippen LogP contribution in [0.1, 0.15) is 22.3 Å². The zero-order valence-corrected chi connectivity index (χ0v) is 13.8. The van der Waals surface area contributed by atoms with Gasteiger partial charge < -0.3 is 4.90 Å². The molecule has 1 spiro atoms. The van der Waals surface area contributed by atoms with Crippen LogP contribution in [-0.4, -0.2) is 40.5 Å². The molecule has 0 bridgehead atoms. The molecule has 7 heteroatoms. The van der Waals surface area contributed by atoms with E-state index in [0.717, 1.165) is 17.7 Å². The maximum atomic E-state index is 13.8. The zero-order valence-electron chi connectivity index (χ0n) is 13.8. The lowest BCUT2D eigenvalue weighted by atomic mass is 9.90. The minimum atomic E-state index is -0.898. The average Bonchev–Trinajstić information content (AvgIpc) is 2.91. The lowest BCUT2D eigenvalue weighted by Gasteiger charge is -2.45. The van der Waals surface area contributed by atoms with Crippen LogP contribution in [0.2, 0.25) is 0 Å². The molecule has 4 rings (SSSR count). The highest BCUT2D eigenvalue weighted by molar-refractivity contribution is 5.95. The molecular formula is C19H16F2N2O3. The number of rotatable bonds is 3. The summed E-state index contributed by atoms with van der Waals surface area (Å²) in [6.45, 7) is 0.724. The van der Waals surface area contributed by atoms with E-state index in [1.807, 2.05) is 30.3 Å². The number of carbonyl (C=O) groups is 2. The van der Waals surface area contributed by atoms with Gasteiger partial charge in [0.15, 0.2) is 0 Å². The fourth-order valence-corrected chi connectivity index (χ4v) is 3.35. The molecule has 0 aromatic heterocycles. The molecule has 134 valence electrons. The third kappa shape index (κ3) is 2.94. The van der Waals surface area contributed by atoms with Crippen molar-refractivity contribution in [3.8, 4) is 0 Å². The minimum Gasteiger partial charge on any atom is -0.332 e. The van der Waals surface area contributed by atoms with Crippen molar-refractivity contribution >= 4 is 11.8 Å². The highest BCUT2D eigenvalue weighted by Crippen LogP contribution is 2.37. The number of hydrogen-bond donors (Lipinski definition) is 0. The van der Waals surface area contributed by atoms with Gasteiger partial charge >= 0.3 is 0 Å². The smallest absolute Gasteiger partial charge is 0.257 e. The molecule has 26 heavy (non-hydrogen) atoms.